The second-order valence-corrected chi connectivity index (χ2v) is 13.9. The molecule has 0 aliphatic carbocycles. The Kier molecular flexibility index (Phi) is 14.2. The molecular weight excluding hydrogens is 983 g/mol. The van der Waals surface area contributed by atoms with Gasteiger partial charge < -0.3 is 4.74 Å². The zero-order valence-electron chi connectivity index (χ0n) is 33.0. The fourth-order valence-corrected chi connectivity index (χ4v) is 7.44. The van der Waals surface area contributed by atoms with E-state index < -0.39 is 150 Å². The SMILES string of the molecule is Fc1c(F)c(F)c([B-](c2c(F)c(F)c(F)c(F)c2F)(c2c(F)c(F)c(F)c(F)c2F)c2c(F)c(F)c(F)c(F)c2F)c(F)c1F.[N-]=[N+]=NCOC(=O)c1ccc2ccccc2[n+]1Cc1ccccc1. The van der Waals surface area contributed by atoms with Crippen LogP contribution in [0.15, 0.2) is 71.8 Å². The van der Waals surface area contributed by atoms with Crippen molar-refractivity contribution in [3.63, 3.8) is 0 Å². The molecule has 358 valence electrons. The molecule has 0 bridgehead atoms. The Morgan fingerprint density at radius 1 is 0.449 bits per heavy atom. The van der Waals surface area contributed by atoms with Crippen LogP contribution in [0.2, 0.25) is 0 Å². The van der Waals surface area contributed by atoms with Crippen LogP contribution < -0.4 is 26.4 Å². The minimum atomic E-state index is -7.22. The summed E-state index contributed by atoms with van der Waals surface area (Å²) in [6.45, 7) is 0.210. The number of halogens is 20. The fraction of sp³-hybridized carbons (Fsp3) is 0.0476. The lowest BCUT2D eigenvalue weighted by molar-refractivity contribution is -0.665. The standard InChI is InChI=1S/C24BF20.C18H15N4O2/c26-5-1(6(27)14(35)21(42)13(5)34)25(2-7(28)15(36)22(43)16(37)8(2)29,3-9(30)17(38)23(44)18(39)10(3)31)4-11(32)19(40)24(45)20(41)12(4)33;19-21-20-13-24-18(23)17-11-10-15-8-4-5-9-16(15)22(17)12-14-6-2-1-3-7-14/h;1-11H,12-13H2/q-1;+1. The summed E-state index contributed by atoms with van der Waals surface area (Å²) in [5, 5.41) is 4.27. The van der Waals surface area contributed by atoms with E-state index in [1.807, 2.05) is 65.2 Å². The van der Waals surface area contributed by atoms with Crippen molar-refractivity contribution in [3.8, 4) is 0 Å². The molecule has 0 amide bonds. The van der Waals surface area contributed by atoms with Crippen molar-refractivity contribution in [2.75, 3.05) is 6.73 Å². The molecule has 1 aromatic heterocycles. The number of nitrogens with zero attached hydrogens (tertiary/aromatic N) is 4. The molecule has 0 spiro atoms. The molecule has 0 saturated heterocycles. The van der Waals surface area contributed by atoms with E-state index in [4.69, 9.17) is 10.3 Å². The zero-order chi connectivity index (χ0) is 51.1. The molecule has 0 aliphatic rings. The van der Waals surface area contributed by atoms with E-state index >= 15 is 35.1 Å². The maximum Gasteiger partial charge on any atom is 0.403 e. The predicted octanol–water partition coefficient (Wildman–Crippen LogP) is 9.45. The van der Waals surface area contributed by atoms with Crippen LogP contribution in [0.3, 0.4) is 0 Å². The summed E-state index contributed by atoms with van der Waals surface area (Å²) < 4.78 is 301. The molecule has 0 fully saturated rings. The van der Waals surface area contributed by atoms with Crippen LogP contribution in [0.4, 0.5) is 87.8 Å². The minimum absolute atomic E-state index is 0.326. The summed E-state index contributed by atoms with van der Waals surface area (Å²) in [6.07, 6.45) is -7.22. The number of azide groups is 1. The number of rotatable bonds is 9. The van der Waals surface area contributed by atoms with Crippen molar-refractivity contribution in [2.45, 2.75) is 6.54 Å². The first-order chi connectivity index (χ1) is 32.5. The van der Waals surface area contributed by atoms with Gasteiger partial charge in [-0.3, -0.25) is 0 Å². The van der Waals surface area contributed by atoms with Gasteiger partial charge in [-0.25, -0.2) is 92.6 Å². The van der Waals surface area contributed by atoms with Gasteiger partial charge in [-0.05, 0) is 17.7 Å². The molecular formula is C42H15BF20N4O2. The molecule has 0 atom stereocenters. The van der Waals surface area contributed by atoms with Crippen LogP contribution in [-0.4, -0.2) is 18.8 Å². The maximum atomic E-state index is 15.4. The fourth-order valence-electron chi connectivity index (χ4n) is 7.44. The van der Waals surface area contributed by atoms with Crippen molar-refractivity contribution in [3.05, 3.63) is 205 Å². The van der Waals surface area contributed by atoms with Gasteiger partial charge in [0, 0.05) is 28.0 Å². The van der Waals surface area contributed by atoms with Gasteiger partial charge in [-0.1, -0.05) is 47.6 Å². The number of hydrogen-bond acceptors (Lipinski definition) is 3. The highest BCUT2D eigenvalue weighted by Gasteiger charge is 2.52. The van der Waals surface area contributed by atoms with Gasteiger partial charge in [-0.2, -0.15) is 4.57 Å². The van der Waals surface area contributed by atoms with Gasteiger partial charge in [-0.15, -0.1) is 21.9 Å². The van der Waals surface area contributed by atoms with Crippen molar-refractivity contribution < 1.29 is 102 Å². The summed E-state index contributed by atoms with van der Waals surface area (Å²) in [5.74, 6) is -71.9. The number of ether oxygens (including phenoxy) is 1. The summed E-state index contributed by atoms with van der Waals surface area (Å²) in [6, 6.07) is 21.3. The maximum absolute atomic E-state index is 15.4. The first-order valence-electron chi connectivity index (χ1n) is 18.4. The molecule has 1 heterocycles. The summed E-state index contributed by atoms with van der Waals surface area (Å²) in [5.41, 5.74) is -3.62. The molecule has 6 aromatic carbocycles. The molecule has 27 heteroatoms. The lowest BCUT2D eigenvalue weighted by atomic mass is 9.12. The van der Waals surface area contributed by atoms with Gasteiger partial charge in [0.1, 0.15) is 52.7 Å². The van der Waals surface area contributed by atoms with Crippen molar-refractivity contribution >= 4 is 44.9 Å². The molecule has 6 nitrogen and oxygen atoms in total. The Hall–Kier alpha value is -7.83. The van der Waals surface area contributed by atoms with E-state index in [1.165, 1.54) is 0 Å². The Morgan fingerprint density at radius 3 is 1.12 bits per heavy atom. The lowest BCUT2D eigenvalue weighted by Crippen LogP contribution is -2.81. The Morgan fingerprint density at radius 2 is 0.768 bits per heavy atom. The number of carbonyl (C=O) groups is 1. The van der Waals surface area contributed by atoms with Crippen LogP contribution in [0.5, 0.6) is 0 Å². The first kappa shape index (κ1) is 50.6. The molecule has 0 aliphatic heterocycles. The first-order valence-corrected chi connectivity index (χ1v) is 18.4. The number of hydrogen-bond donors (Lipinski definition) is 0. The third-order valence-corrected chi connectivity index (χ3v) is 10.4. The van der Waals surface area contributed by atoms with Crippen LogP contribution in [0.1, 0.15) is 16.1 Å². The molecule has 69 heavy (non-hydrogen) atoms. The number of esters is 1. The highest BCUT2D eigenvalue weighted by atomic mass is 19.2. The molecule has 7 rings (SSSR count). The third-order valence-electron chi connectivity index (χ3n) is 10.4. The number of para-hydroxylation sites is 1. The average molecular weight is 998 g/mol. The second-order valence-electron chi connectivity index (χ2n) is 13.9. The van der Waals surface area contributed by atoms with Crippen LogP contribution in [0.25, 0.3) is 21.3 Å². The van der Waals surface area contributed by atoms with E-state index in [-0.39, 0.29) is 6.73 Å². The van der Waals surface area contributed by atoms with E-state index in [0.29, 0.717) is 12.2 Å². The van der Waals surface area contributed by atoms with Crippen LogP contribution >= 0.6 is 0 Å². The van der Waals surface area contributed by atoms with E-state index in [9.17, 15) is 57.5 Å². The Bertz CT molecular complexity index is 2920. The third kappa shape index (κ3) is 8.24. The van der Waals surface area contributed by atoms with E-state index in [0.717, 1.165) is 16.5 Å². The molecule has 0 radical (unpaired) electrons. The van der Waals surface area contributed by atoms with Gasteiger partial charge in [0.05, 0.1) is 0 Å². The highest BCUT2D eigenvalue weighted by molar-refractivity contribution is 7.20. The second kappa shape index (κ2) is 19.4. The Labute approximate surface area is 369 Å². The van der Waals surface area contributed by atoms with Crippen molar-refractivity contribution in [1.82, 2.24) is 0 Å². The van der Waals surface area contributed by atoms with Crippen molar-refractivity contribution in [1.29, 1.82) is 0 Å². The molecule has 0 N–H and O–H groups in total. The number of carbonyl (C=O) groups excluding carboxylic acids is 1. The topological polar surface area (TPSA) is 78.9 Å². The predicted molar refractivity (Wildman–Crippen MR) is 198 cm³/mol. The minimum Gasteiger partial charge on any atom is -0.452 e. The van der Waals surface area contributed by atoms with E-state index in [1.54, 1.807) is 6.07 Å². The average Bonchev–Trinajstić information content (AvgIpc) is 3.34. The van der Waals surface area contributed by atoms with Crippen LogP contribution in [-0.2, 0) is 11.3 Å². The van der Waals surface area contributed by atoms with E-state index in [2.05, 4.69) is 10.0 Å². The quantitative estimate of drug-likeness (QED) is 0.0166. The summed E-state index contributed by atoms with van der Waals surface area (Å²) >= 11 is 0. The molecule has 7 aromatic rings. The van der Waals surface area contributed by atoms with Crippen LogP contribution in [0, 0.1) is 116 Å². The number of benzene rings is 6. The highest BCUT2D eigenvalue weighted by Crippen LogP contribution is 2.31. The normalized spacial score (nSPS) is 11.4. The van der Waals surface area contributed by atoms with Crippen molar-refractivity contribution in [2.24, 2.45) is 5.11 Å². The molecule has 0 saturated carbocycles. The van der Waals surface area contributed by atoms with Gasteiger partial charge in [0.15, 0.2) is 83.1 Å². The van der Waals surface area contributed by atoms with Gasteiger partial charge in [0.25, 0.3) is 5.69 Å². The Balaban J connectivity index is 0.000000273. The largest absolute Gasteiger partial charge is 0.452 e. The smallest absolute Gasteiger partial charge is 0.403 e. The number of aromatic nitrogens is 1. The van der Waals surface area contributed by atoms with Gasteiger partial charge in [0.2, 0.25) is 5.52 Å². The zero-order valence-corrected chi connectivity index (χ0v) is 33.0. The summed E-state index contributed by atoms with van der Waals surface area (Å²) in [4.78, 5) is 14.9. The summed E-state index contributed by atoms with van der Waals surface area (Å²) in [7, 11) is 0. The number of pyridine rings is 1. The molecule has 0 unspecified atom stereocenters. The van der Waals surface area contributed by atoms with Gasteiger partial charge >= 0.3 is 5.97 Å². The lowest BCUT2D eigenvalue weighted by Gasteiger charge is -2.44. The number of fused-ring (bicyclic) bond motifs is 1. The monoisotopic (exact) mass is 998 g/mol.